The Hall–Kier alpha value is -1.92. The lowest BCUT2D eigenvalue weighted by molar-refractivity contribution is -0.0512. The van der Waals surface area contributed by atoms with Gasteiger partial charge >= 0.3 is 0 Å². The van der Waals surface area contributed by atoms with Crippen LogP contribution in [0, 0.1) is 0 Å². The summed E-state index contributed by atoms with van der Waals surface area (Å²) in [5.41, 5.74) is 3.05. The Bertz CT molecular complexity index is 633. The number of aromatic amines is 1. The van der Waals surface area contributed by atoms with Crippen molar-refractivity contribution in [3.8, 4) is 0 Å². The van der Waals surface area contributed by atoms with E-state index in [0.29, 0.717) is 5.62 Å². The highest BCUT2D eigenvalue weighted by atomic mass is 16.5. The van der Waals surface area contributed by atoms with Gasteiger partial charge in [-0.25, -0.2) is 0 Å². The minimum absolute atomic E-state index is 0.0428. The zero-order chi connectivity index (χ0) is 13.1. The number of hydrogen-bond donors (Lipinski definition) is 3. The van der Waals surface area contributed by atoms with Crippen LogP contribution >= 0.6 is 0 Å². The van der Waals surface area contributed by atoms with E-state index in [2.05, 4.69) is 15.2 Å². The molecule has 96 valence electrons. The molecule has 1 heterocycles. The summed E-state index contributed by atoms with van der Waals surface area (Å²) in [6.07, 6.45) is -1.44. The lowest BCUT2D eigenvalue weighted by atomic mass is 10.3. The lowest BCUT2D eigenvalue weighted by Crippen LogP contribution is -2.25. The monoisotopic (exact) mass is 248 g/mol. The molecule has 1 aromatic heterocycles. The average molecular weight is 248 g/mol. The van der Waals surface area contributed by atoms with Gasteiger partial charge in [-0.3, -0.25) is 0 Å². The molecule has 0 bridgehead atoms. The molecule has 0 aliphatic carbocycles. The van der Waals surface area contributed by atoms with E-state index in [-0.39, 0.29) is 6.54 Å². The maximum Gasteiger partial charge on any atom is 0.228 e. The minimum atomic E-state index is -1.44. The second-order valence-electron chi connectivity index (χ2n) is 4.20. The van der Waals surface area contributed by atoms with Gasteiger partial charge in [0.05, 0.1) is 17.6 Å². The topological polar surface area (TPSA) is 85.9 Å². The standard InChI is InChI=1S/C12H16N4O2/c1-8(2)14-15-12-13-9-5-3-4-6-10(9)16(12)7-11(17)18/h3-6,11,17-18H,7H2,1-2H3,(H,13,15). The molecule has 0 radical (unpaired) electrons. The number of nitrogens with one attached hydrogen (secondary N) is 1. The van der Waals surface area contributed by atoms with E-state index < -0.39 is 6.29 Å². The Labute approximate surface area is 104 Å². The lowest BCUT2D eigenvalue weighted by Gasteiger charge is -2.05. The Kier molecular flexibility index (Phi) is 3.59. The third kappa shape index (κ3) is 2.66. The summed E-state index contributed by atoms with van der Waals surface area (Å²) < 4.78 is 1.69. The van der Waals surface area contributed by atoms with Gasteiger partial charge in [0.2, 0.25) is 5.62 Å². The second kappa shape index (κ2) is 5.16. The molecule has 0 saturated heterocycles. The van der Waals surface area contributed by atoms with Crippen molar-refractivity contribution < 1.29 is 10.2 Å². The van der Waals surface area contributed by atoms with Gasteiger partial charge in [-0.15, -0.1) is 5.10 Å². The predicted octanol–water partition coefficient (Wildman–Crippen LogP) is 0.577. The summed E-state index contributed by atoms with van der Waals surface area (Å²) in [4.78, 5) is 3.09. The highest BCUT2D eigenvalue weighted by molar-refractivity contribution is 5.78. The third-order valence-corrected chi connectivity index (χ3v) is 2.39. The summed E-state index contributed by atoms with van der Waals surface area (Å²) in [6, 6.07) is 7.57. The Morgan fingerprint density at radius 2 is 2.06 bits per heavy atom. The maximum atomic E-state index is 9.13. The molecule has 0 spiro atoms. The number of H-pyrrole nitrogens is 1. The SMILES string of the molecule is CC(C)=NN=c1[nH]c2ccccc2n1CC(O)O. The zero-order valence-electron chi connectivity index (χ0n) is 10.3. The van der Waals surface area contributed by atoms with E-state index in [4.69, 9.17) is 10.2 Å². The largest absolute Gasteiger partial charge is 0.367 e. The van der Waals surface area contributed by atoms with E-state index >= 15 is 0 Å². The molecule has 6 heteroatoms. The second-order valence-corrected chi connectivity index (χ2v) is 4.20. The number of aliphatic hydroxyl groups excluding tert-OH is 1. The van der Waals surface area contributed by atoms with Crippen molar-refractivity contribution in [1.29, 1.82) is 0 Å². The van der Waals surface area contributed by atoms with E-state index in [0.717, 1.165) is 16.7 Å². The van der Waals surface area contributed by atoms with Gasteiger partial charge in [0.1, 0.15) is 0 Å². The van der Waals surface area contributed by atoms with Crippen molar-refractivity contribution in [3.63, 3.8) is 0 Å². The fraction of sp³-hybridized carbons (Fsp3) is 0.333. The van der Waals surface area contributed by atoms with Crippen LogP contribution in [0.1, 0.15) is 13.8 Å². The van der Waals surface area contributed by atoms with Crippen molar-refractivity contribution in [3.05, 3.63) is 29.9 Å². The number of para-hydroxylation sites is 2. The number of fused-ring (bicyclic) bond motifs is 1. The molecule has 0 atom stereocenters. The Morgan fingerprint density at radius 3 is 2.72 bits per heavy atom. The van der Waals surface area contributed by atoms with E-state index in [1.165, 1.54) is 0 Å². The van der Waals surface area contributed by atoms with Crippen LogP contribution in [0.5, 0.6) is 0 Å². The maximum absolute atomic E-state index is 9.13. The van der Waals surface area contributed by atoms with Crippen LogP contribution in [0.4, 0.5) is 0 Å². The molecular weight excluding hydrogens is 232 g/mol. The molecule has 3 N–H and O–H groups in total. The van der Waals surface area contributed by atoms with E-state index in [1.807, 2.05) is 38.1 Å². The van der Waals surface area contributed by atoms with Crippen LogP contribution in [0.3, 0.4) is 0 Å². The summed E-state index contributed by atoms with van der Waals surface area (Å²) >= 11 is 0. The van der Waals surface area contributed by atoms with Crippen LogP contribution in [0.2, 0.25) is 0 Å². The molecule has 0 unspecified atom stereocenters. The van der Waals surface area contributed by atoms with E-state index in [9.17, 15) is 0 Å². The van der Waals surface area contributed by atoms with Crippen molar-refractivity contribution in [1.82, 2.24) is 9.55 Å². The van der Waals surface area contributed by atoms with E-state index in [1.54, 1.807) is 4.57 Å². The summed E-state index contributed by atoms with van der Waals surface area (Å²) in [7, 11) is 0. The van der Waals surface area contributed by atoms with Crippen molar-refractivity contribution >= 4 is 16.7 Å². The predicted molar refractivity (Wildman–Crippen MR) is 68.9 cm³/mol. The summed E-state index contributed by atoms with van der Waals surface area (Å²) in [5, 5.41) is 26.3. The highest BCUT2D eigenvalue weighted by Gasteiger charge is 2.07. The summed E-state index contributed by atoms with van der Waals surface area (Å²) in [5.74, 6) is 0. The van der Waals surface area contributed by atoms with Gasteiger partial charge in [0, 0.05) is 5.71 Å². The van der Waals surface area contributed by atoms with Gasteiger partial charge in [-0.1, -0.05) is 12.1 Å². The van der Waals surface area contributed by atoms with Crippen LogP contribution in [0.25, 0.3) is 11.0 Å². The number of nitrogens with zero attached hydrogens (tertiary/aromatic N) is 3. The van der Waals surface area contributed by atoms with Gasteiger partial charge in [0.25, 0.3) is 0 Å². The Balaban J connectivity index is 2.64. The van der Waals surface area contributed by atoms with Crippen molar-refractivity contribution in [2.45, 2.75) is 26.7 Å². The minimum Gasteiger partial charge on any atom is -0.367 e. The molecule has 0 fully saturated rings. The van der Waals surface area contributed by atoms with Crippen LogP contribution in [0.15, 0.2) is 34.5 Å². The smallest absolute Gasteiger partial charge is 0.228 e. The molecule has 6 nitrogen and oxygen atoms in total. The average Bonchev–Trinajstić information content (AvgIpc) is 2.64. The number of rotatable bonds is 3. The molecule has 18 heavy (non-hydrogen) atoms. The van der Waals surface area contributed by atoms with Crippen LogP contribution in [-0.2, 0) is 6.54 Å². The highest BCUT2D eigenvalue weighted by Crippen LogP contribution is 2.09. The number of aliphatic hydroxyl groups is 2. The van der Waals surface area contributed by atoms with Gasteiger partial charge in [0.15, 0.2) is 6.29 Å². The number of imidazole rings is 1. The van der Waals surface area contributed by atoms with Gasteiger partial charge < -0.3 is 19.8 Å². The van der Waals surface area contributed by atoms with Crippen LogP contribution < -0.4 is 5.62 Å². The van der Waals surface area contributed by atoms with Crippen molar-refractivity contribution in [2.75, 3.05) is 0 Å². The molecule has 0 aliphatic heterocycles. The van der Waals surface area contributed by atoms with Gasteiger partial charge in [-0.05, 0) is 26.0 Å². The van der Waals surface area contributed by atoms with Gasteiger partial charge in [-0.2, -0.15) is 5.10 Å². The molecule has 2 rings (SSSR count). The fourth-order valence-corrected chi connectivity index (χ4v) is 1.69. The summed E-state index contributed by atoms with van der Waals surface area (Å²) in [6.45, 7) is 3.73. The first-order valence-electron chi connectivity index (χ1n) is 5.66. The normalized spacial score (nSPS) is 12.4. The first-order chi connectivity index (χ1) is 8.58. The molecular formula is C12H16N4O2. The zero-order valence-corrected chi connectivity index (χ0v) is 10.3. The first kappa shape index (κ1) is 12.5. The molecule has 2 aromatic rings. The van der Waals surface area contributed by atoms with Crippen molar-refractivity contribution in [2.24, 2.45) is 10.2 Å². The molecule has 0 amide bonds. The third-order valence-electron chi connectivity index (χ3n) is 2.39. The Morgan fingerprint density at radius 1 is 1.33 bits per heavy atom. The number of benzene rings is 1. The molecule has 1 aromatic carbocycles. The quantitative estimate of drug-likeness (QED) is 0.421. The number of aromatic nitrogens is 2. The number of hydrogen-bond acceptors (Lipinski definition) is 4. The molecule has 0 saturated carbocycles. The fourth-order valence-electron chi connectivity index (χ4n) is 1.69. The first-order valence-corrected chi connectivity index (χ1v) is 5.66. The van der Waals surface area contributed by atoms with Crippen LogP contribution in [-0.4, -0.2) is 31.8 Å². The molecule has 0 aliphatic rings.